The predicted molar refractivity (Wildman–Crippen MR) is 100 cm³/mol. The summed E-state index contributed by atoms with van der Waals surface area (Å²) in [6, 6.07) is 7.13. The van der Waals surface area contributed by atoms with Crippen LogP contribution in [0.15, 0.2) is 24.3 Å². The number of carbonyl (C=O) groups excluding carboxylic acids is 1. The molecule has 1 aromatic carbocycles. The van der Waals surface area contributed by atoms with Crippen LogP contribution in [-0.4, -0.2) is 43.0 Å². The van der Waals surface area contributed by atoms with Crippen LogP contribution in [0.25, 0.3) is 0 Å². The van der Waals surface area contributed by atoms with Crippen molar-refractivity contribution in [2.45, 2.75) is 59.1 Å². The highest BCUT2D eigenvalue weighted by Crippen LogP contribution is 2.13. The molecule has 5 heteroatoms. The molecule has 25 heavy (non-hydrogen) atoms. The van der Waals surface area contributed by atoms with Crippen molar-refractivity contribution in [3.8, 4) is 5.75 Å². The molecule has 0 saturated heterocycles. The molecule has 0 amide bonds. The molecule has 142 valence electrons. The van der Waals surface area contributed by atoms with E-state index in [1.807, 2.05) is 0 Å². The van der Waals surface area contributed by atoms with Crippen LogP contribution in [0.3, 0.4) is 0 Å². The second-order valence-corrected chi connectivity index (χ2v) is 6.84. The standard InChI is InChI=1S/C20H33NO4/c1-5-24-20(23)17-9-11-19(12-10-17)25-14-18(22)13-21-16(4)8-6-7-15(2)3/h9-12,15-16,18,21-22H,5-8,13-14H2,1-4H3. The Morgan fingerprint density at radius 3 is 2.44 bits per heavy atom. The fraction of sp³-hybridized carbons (Fsp3) is 0.650. The first-order valence-corrected chi connectivity index (χ1v) is 9.23. The predicted octanol–water partition coefficient (Wildman–Crippen LogP) is 3.41. The van der Waals surface area contributed by atoms with Crippen LogP contribution in [-0.2, 0) is 4.74 Å². The molecule has 2 unspecified atom stereocenters. The Bertz CT molecular complexity index is 487. The zero-order valence-electron chi connectivity index (χ0n) is 16.0. The molecule has 0 aliphatic carbocycles. The number of aliphatic hydroxyl groups is 1. The molecule has 0 aliphatic heterocycles. The normalized spacial score (nSPS) is 13.5. The molecule has 0 bridgehead atoms. The minimum atomic E-state index is -0.572. The Kier molecular flexibility index (Phi) is 10.2. The van der Waals surface area contributed by atoms with Crippen LogP contribution in [0.1, 0.15) is 57.3 Å². The molecule has 0 heterocycles. The first-order valence-electron chi connectivity index (χ1n) is 9.23. The number of benzene rings is 1. The highest BCUT2D eigenvalue weighted by atomic mass is 16.5. The molecule has 1 aromatic rings. The lowest BCUT2D eigenvalue weighted by molar-refractivity contribution is 0.0526. The Morgan fingerprint density at radius 2 is 1.84 bits per heavy atom. The van der Waals surface area contributed by atoms with Crippen molar-refractivity contribution < 1.29 is 19.4 Å². The van der Waals surface area contributed by atoms with E-state index in [0.717, 1.165) is 12.3 Å². The number of aliphatic hydroxyl groups excluding tert-OH is 1. The number of ether oxygens (including phenoxy) is 2. The largest absolute Gasteiger partial charge is 0.491 e. The number of nitrogens with one attached hydrogen (secondary N) is 1. The number of hydrogen-bond donors (Lipinski definition) is 2. The zero-order valence-corrected chi connectivity index (χ0v) is 16.0. The maximum absolute atomic E-state index is 11.6. The number of hydrogen-bond acceptors (Lipinski definition) is 5. The Hall–Kier alpha value is -1.59. The van der Waals surface area contributed by atoms with Crippen LogP contribution < -0.4 is 10.1 Å². The van der Waals surface area contributed by atoms with Gasteiger partial charge in [0.2, 0.25) is 0 Å². The van der Waals surface area contributed by atoms with E-state index in [4.69, 9.17) is 9.47 Å². The summed E-state index contributed by atoms with van der Waals surface area (Å²) in [5.74, 6) is 1.02. The van der Waals surface area contributed by atoms with E-state index in [9.17, 15) is 9.90 Å². The van der Waals surface area contributed by atoms with Crippen LogP contribution >= 0.6 is 0 Å². The van der Waals surface area contributed by atoms with Crippen molar-refractivity contribution >= 4 is 5.97 Å². The topological polar surface area (TPSA) is 67.8 Å². The van der Waals surface area contributed by atoms with Crippen molar-refractivity contribution in [1.82, 2.24) is 5.32 Å². The Morgan fingerprint density at radius 1 is 1.16 bits per heavy atom. The second kappa shape index (κ2) is 11.9. The smallest absolute Gasteiger partial charge is 0.338 e. The van der Waals surface area contributed by atoms with E-state index < -0.39 is 6.10 Å². The van der Waals surface area contributed by atoms with Gasteiger partial charge in [-0.2, -0.15) is 0 Å². The summed E-state index contributed by atoms with van der Waals surface area (Å²) >= 11 is 0. The van der Waals surface area contributed by atoms with E-state index in [2.05, 4.69) is 26.1 Å². The minimum absolute atomic E-state index is 0.213. The fourth-order valence-electron chi connectivity index (χ4n) is 2.42. The Labute approximate surface area is 151 Å². The molecule has 0 saturated carbocycles. The van der Waals surface area contributed by atoms with E-state index in [0.29, 0.717) is 30.5 Å². The molecule has 2 N–H and O–H groups in total. The van der Waals surface area contributed by atoms with Crippen molar-refractivity contribution in [2.75, 3.05) is 19.8 Å². The third-order valence-corrected chi connectivity index (χ3v) is 3.93. The molecule has 0 aliphatic rings. The van der Waals surface area contributed by atoms with Crippen LogP contribution in [0.2, 0.25) is 0 Å². The molecule has 0 radical (unpaired) electrons. The summed E-state index contributed by atoms with van der Waals surface area (Å²) in [7, 11) is 0. The van der Waals surface area contributed by atoms with Crippen molar-refractivity contribution in [3.05, 3.63) is 29.8 Å². The highest BCUT2D eigenvalue weighted by Gasteiger charge is 2.10. The summed E-state index contributed by atoms with van der Waals surface area (Å²) in [4.78, 5) is 11.6. The van der Waals surface area contributed by atoms with Gasteiger partial charge in [-0.1, -0.05) is 26.7 Å². The van der Waals surface area contributed by atoms with Gasteiger partial charge in [-0.25, -0.2) is 4.79 Å². The van der Waals surface area contributed by atoms with E-state index in [-0.39, 0.29) is 12.6 Å². The lowest BCUT2D eigenvalue weighted by Crippen LogP contribution is -2.36. The lowest BCUT2D eigenvalue weighted by Gasteiger charge is -2.18. The molecule has 0 aromatic heterocycles. The SMILES string of the molecule is CCOC(=O)c1ccc(OCC(O)CNC(C)CCCC(C)C)cc1. The molecule has 1 rings (SSSR count). The van der Waals surface area contributed by atoms with Gasteiger partial charge in [0.05, 0.1) is 12.2 Å². The fourth-order valence-corrected chi connectivity index (χ4v) is 2.42. The van der Waals surface area contributed by atoms with Crippen molar-refractivity contribution in [1.29, 1.82) is 0 Å². The van der Waals surface area contributed by atoms with Gasteiger partial charge in [-0.3, -0.25) is 0 Å². The van der Waals surface area contributed by atoms with Gasteiger partial charge in [0.1, 0.15) is 18.5 Å². The van der Waals surface area contributed by atoms with Crippen LogP contribution in [0.5, 0.6) is 5.75 Å². The lowest BCUT2D eigenvalue weighted by atomic mass is 10.0. The molecule has 2 atom stereocenters. The number of esters is 1. The molecular formula is C20H33NO4. The molecule has 0 spiro atoms. The maximum Gasteiger partial charge on any atom is 0.338 e. The van der Waals surface area contributed by atoms with Gasteiger partial charge in [-0.05, 0) is 50.5 Å². The first-order chi connectivity index (χ1) is 11.9. The minimum Gasteiger partial charge on any atom is -0.491 e. The third kappa shape index (κ3) is 9.46. The van der Waals surface area contributed by atoms with E-state index in [1.165, 1.54) is 12.8 Å². The van der Waals surface area contributed by atoms with E-state index in [1.54, 1.807) is 31.2 Å². The Balaban J connectivity index is 2.25. The number of rotatable bonds is 12. The average molecular weight is 351 g/mol. The van der Waals surface area contributed by atoms with Gasteiger partial charge in [-0.15, -0.1) is 0 Å². The first kappa shape index (κ1) is 21.5. The van der Waals surface area contributed by atoms with E-state index >= 15 is 0 Å². The van der Waals surface area contributed by atoms with Crippen LogP contribution in [0, 0.1) is 5.92 Å². The van der Waals surface area contributed by atoms with Crippen LogP contribution in [0.4, 0.5) is 0 Å². The summed E-state index contributed by atoms with van der Waals surface area (Å²) in [6.45, 7) is 9.45. The summed E-state index contributed by atoms with van der Waals surface area (Å²) < 4.78 is 10.5. The summed E-state index contributed by atoms with van der Waals surface area (Å²) in [6.07, 6.45) is 2.98. The molecular weight excluding hydrogens is 318 g/mol. The summed E-state index contributed by atoms with van der Waals surface area (Å²) in [5.41, 5.74) is 0.492. The van der Waals surface area contributed by atoms with Gasteiger partial charge in [0, 0.05) is 12.6 Å². The summed E-state index contributed by atoms with van der Waals surface area (Å²) in [5, 5.41) is 13.4. The highest BCUT2D eigenvalue weighted by molar-refractivity contribution is 5.89. The van der Waals surface area contributed by atoms with Gasteiger partial charge in [0.25, 0.3) is 0 Å². The van der Waals surface area contributed by atoms with Crippen molar-refractivity contribution in [3.63, 3.8) is 0 Å². The van der Waals surface area contributed by atoms with Gasteiger partial charge >= 0.3 is 5.97 Å². The maximum atomic E-state index is 11.6. The quantitative estimate of drug-likeness (QED) is 0.565. The molecule has 5 nitrogen and oxygen atoms in total. The van der Waals surface area contributed by atoms with Gasteiger partial charge in [0.15, 0.2) is 0 Å². The van der Waals surface area contributed by atoms with Gasteiger partial charge < -0.3 is 19.9 Å². The second-order valence-electron chi connectivity index (χ2n) is 6.84. The van der Waals surface area contributed by atoms with Crippen molar-refractivity contribution in [2.24, 2.45) is 5.92 Å². The monoisotopic (exact) mass is 351 g/mol. The molecule has 0 fully saturated rings. The number of carbonyl (C=O) groups is 1. The average Bonchev–Trinajstić information content (AvgIpc) is 2.58. The zero-order chi connectivity index (χ0) is 18.7. The third-order valence-electron chi connectivity index (χ3n) is 3.93.